The molecule has 1 aliphatic heterocycles. The quantitative estimate of drug-likeness (QED) is 0.884. The van der Waals surface area contributed by atoms with E-state index < -0.39 is 0 Å². The molecule has 0 unspecified atom stereocenters. The molecule has 1 saturated heterocycles. The number of carbonyl (C=O) groups excluding carboxylic acids is 1. The summed E-state index contributed by atoms with van der Waals surface area (Å²) in [6.07, 6.45) is 3.79. The van der Waals surface area contributed by atoms with E-state index in [2.05, 4.69) is 30.5 Å². The number of rotatable bonds is 5. The van der Waals surface area contributed by atoms with Gasteiger partial charge in [0.25, 0.3) is 0 Å². The van der Waals surface area contributed by atoms with E-state index in [9.17, 15) is 4.79 Å². The maximum atomic E-state index is 12.1. The number of likely N-dealkylation sites (N-methyl/N-ethyl adjacent to an activating group) is 1. The van der Waals surface area contributed by atoms with Crippen LogP contribution in [0.4, 0.5) is 11.7 Å². The van der Waals surface area contributed by atoms with Gasteiger partial charge in [-0.05, 0) is 38.9 Å². The lowest BCUT2D eigenvalue weighted by Crippen LogP contribution is -2.48. The summed E-state index contributed by atoms with van der Waals surface area (Å²) < 4.78 is 5.01. The van der Waals surface area contributed by atoms with Gasteiger partial charge >= 0.3 is 0 Å². The molecule has 1 N–H and O–H groups in total. The summed E-state index contributed by atoms with van der Waals surface area (Å²) in [6.45, 7) is 3.92. The second kappa shape index (κ2) is 7.39. The van der Waals surface area contributed by atoms with Crippen molar-refractivity contribution in [2.75, 3.05) is 36.9 Å². The standard InChI is InChI=1S/C16H22N6O2/c1-12-9-16(24-20-12)18-15(23)11-21(2)13-5-4-8-22(10-13)14-6-3-7-17-19-14/h3,6-7,9,13H,4-5,8,10-11H2,1-2H3,(H,18,23)/t13-/m0/s1. The Hall–Kier alpha value is -2.48. The van der Waals surface area contributed by atoms with E-state index in [4.69, 9.17) is 4.52 Å². The Kier molecular flexibility index (Phi) is 5.05. The van der Waals surface area contributed by atoms with Gasteiger partial charge in [0.2, 0.25) is 11.8 Å². The predicted octanol–water partition coefficient (Wildman–Crippen LogP) is 1.31. The Bertz CT molecular complexity index is 674. The maximum absolute atomic E-state index is 12.1. The van der Waals surface area contributed by atoms with Gasteiger partial charge in [-0.25, -0.2) is 0 Å². The number of carbonyl (C=O) groups is 1. The predicted molar refractivity (Wildman–Crippen MR) is 89.8 cm³/mol. The number of amides is 1. The van der Waals surface area contributed by atoms with Crippen LogP contribution in [0.5, 0.6) is 0 Å². The zero-order chi connectivity index (χ0) is 16.9. The second-order valence-corrected chi connectivity index (χ2v) is 6.12. The van der Waals surface area contributed by atoms with Crippen molar-refractivity contribution in [3.63, 3.8) is 0 Å². The van der Waals surface area contributed by atoms with Crippen molar-refractivity contribution in [2.45, 2.75) is 25.8 Å². The van der Waals surface area contributed by atoms with Gasteiger partial charge in [0.05, 0.1) is 12.2 Å². The zero-order valence-electron chi connectivity index (χ0n) is 14.0. The molecule has 2 aromatic heterocycles. The van der Waals surface area contributed by atoms with Crippen LogP contribution in [0.2, 0.25) is 0 Å². The van der Waals surface area contributed by atoms with E-state index in [-0.39, 0.29) is 5.91 Å². The minimum absolute atomic E-state index is 0.106. The van der Waals surface area contributed by atoms with Crippen LogP contribution in [0.25, 0.3) is 0 Å². The van der Waals surface area contributed by atoms with E-state index in [1.807, 2.05) is 26.1 Å². The first kappa shape index (κ1) is 16.4. The van der Waals surface area contributed by atoms with Crippen molar-refractivity contribution in [3.8, 4) is 0 Å². The molecule has 2 aromatic rings. The number of nitrogens with zero attached hydrogens (tertiary/aromatic N) is 5. The highest BCUT2D eigenvalue weighted by Crippen LogP contribution is 2.19. The highest BCUT2D eigenvalue weighted by molar-refractivity contribution is 5.90. The third-order valence-electron chi connectivity index (χ3n) is 4.19. The zero-order valence-corrected chi connectivity index (χ0v) is 14.0. The van der Waals surface area contributed by atoms with Crippen LogP contribution in [0.3, 0.4) is 0 Å². The van der Waals surface area contributed by atoms with Crippen molar-refractivity contribution >= 4 is 17.6 Å². The molecule has 3 heterocycles. The lowest BCUT2D eigenvalue weighted by molar-refractivity contribution is -0.117. The van der Waals surface area contributed by atoms with Gasteiger partial charge in [-0.2, -0.15) is 5.10 Å². The average Bonchev–Trinajstić information content (AvgIpc) is 3.00. The molecule has 0 radical (unpaired) electrons. The number of hydrogen-bond acceptors (Lipinski definition) is 7. The normalized spacial score (nSPS) is 18.0. The second-order valence-electron chi connectivity index (χ2n) is 6.12. The lowest BCUT2D eigenvalue weighted by atomic mass is 10.0. The first-order valence-corrected chi connectivity index (χ1v) is 8.08. The van der Waals surface area contributed by atoms with E-state index in [1.54, 1.807) is 12.3 Å². The summed E-state index contributed by atoms with van der Waals surface area (Å²) in [5.74, 6) is 1.16. The van der Waals surface area contributed by atoms with E-state index in [1.165, 1.54) is 0 Å². The summed E-state index contributed by atoms with van der Waals surface area (Å²) in [4.78, 5) is 16.4. The molecule has 24 heavy (non-hydrogen) atoms. The highest BCUT2D eigenvalue weighted by Gasteiger charge is 2.25. The fraction of sp³-hybridized carbons (Fsp3) is 0.500. The van der Waals surface area contributed by atoms with Gasteiger partial charge in [0.1, 0.15) is 0 Å². The van der Waals surface area contributed by atoms with Gasteiger partial charge in [0.15, 0.2) is 5.82 Å². The molecule has 8 nitrogen and oxygen atoms in total. The molecule has 1 amide bonds. The molecule has 128 valence electrons. The third kappa shape index (κ3) is 4.08. The van der Waals surface area contributed by atoms with Crippen molar-refractivity contribution in [2.24, 2.45) is 0 Å². The van der Waals surface area contributed by atoms with Crippen molar-refractivity contribution in [1.29, 1.82) is 0 Å². The summed E-state index contributed by atoms with van der Waals surface area (Å²) in [5, 5.41) is 14.6. The van der Waals surface area contributed by atoms with Gasteiger partial charge in [-0.1, -0.05) is 5.16 Å². The Balaban J connectivity index is 1.54. The molecule has 0 saturated carbocycles. The molecule has 0 aliphatic carbocycles. The van der Waals surface area contributed by atoms with Crippen LogP contribution in [-0.4, -0.2) is 58.9 Å². The number of aromatic nitrogens is 3. The Morgan fingerprint density at radius 3 is 3.12 bits per heavy atom. The molecular weight excluding hydrogens is 308 g/mol. The molecule has 0 aromatic carbocycles. The summed E-state index contributed by atoms with van der Waals surface area (Å²) in [6, 6.07) is 5.86. The molecule has 8 heteroatoms. The fourth-order valence-electron chi connectivity index (χ4n) is 2.94. The van der Waals surface area contributed by atoms with Gasteiger partial charge in [-0.3, -0.25) is 15.0 Å². The number of hydrogen-bond donors (Lipinski definition) is 1. The van der Waals surface area contributed by atoms with Crippen molar-refractivity contribution in [1.82, 2.24) is 20.3 Å². The first-order valence-electron chi connectivity index (χ1n) is 8.08. The number of piperidine rings is 1. The smallest absolute Gasteiger partial charge is 0.240 e. The van der Waals surface area contributed by atoms with Crippen molar-refractivity contribution < 1.29 is 9.32 Å². The molecule has 1 aliphatic rings. The first-order chi connectivity index (χ1) is 11.6. The Morgan fingerprint density at radius 1 is 1.54 bits per heavy atom. The van der Waals surface area contributed by atoms with Crippen LogP contribution in [-0.2, 0) is 4.79 Å². The monoisotopic (exact) mass is 330 g/mol. The Labute approximate surface area is 140 Å². The van der Waals surface area contributed by atoms with Crippen LogP contribution >= 0.6 is 0 Å². The molecule has 1 fully saturated rings. The summed E-state index contributed by atoms with van der Waals surface area (Å²) in [5.41, 5.74) is 0.741. The van der Waals surface area contributed by atoms with E-state index in [0.717, 1.165) is 37.4 Å². The van der Waals surface area contributed by atoms with Crippen molar-refractivity contribution in [3.05, 3.63) is 30.1 Å². The van der Waals surface area contributed by atoms with Crippen LogP contribution in [0.1, 0.15) is 18.5 Å². The number of anilines is 2. The minimum Gasteiger partial charge on any atom is -0.354 e. The fourth-order valence-corrected chi connectivity index (χ4v) is 2.94. The maximum Gasteiger partial charge on any atom is 0.240 e. The van der Waals surface area contributed by atoms with Crippen LogP contribution in [0.15, 0.2) is 28.9 Å². The highest BCUT2D eigenvalue weighted by atomic mass is 16.5. The molecule has 0 spiro atoms. The Morgan fingerprint density at radius 2 is 2.42 bits per heavy atom. The molecule has 0 bridgehead atoms. The summed E-state index contributed by atoms with van der Waals surface area (Å²) in [7, 11) is 1.97. The van der Waals surface area contributed by atoms with Crippen LogP contribution in [0, 0.1) is 6.92 Å². The minimum atomic E-state index is -0.106. The average molecular weight is 330 g/mol. The lowest BCUT2D eigenvalue weighted by Gasteiger charge is -2.37. The van der Waals surface area contributed by atoms with Crippen LogP contribution < -0.4 is 10.2 Å². The third-order valence-corrected chi connectivity index (χ3v) is 4.19. The van der Waals surface area contributed by atoms with E-state index in [0.29, 0.717) is 18.5 Å². The largest absolute Gasteiger partial charge is 0.354 e. The van der Waals surface area contributed by atoms with Gasteiger partial charge in [0, 0.05) is 31.4 Å². The topological polar surface area (TPSA) is 87.4 Å². The molecule has 3 rings (SSSR count). The SMILES string of the molecule is Cc1cc(NC(=O)CN(C)[C@H]2CCCN(c3cccnn3)C2)on1. The summed E-state index contributed by atoms with van der Waals surface area (Å²) >= 11 is 0. The van der Waals surface area contributed by atoms with Gasteiger partial charge < -0.3 is 9.42 Å². The van der Waals surface area contributed by atoms with Gasteiger partial charge in [-0.15, -0.1) is 5.10 Å². The molecular formula is C16H22N6O2. The number of aryl methyl sites for hydroxylation is 1. The van der Waals surface area contributed by atoms with E-state index >= 15 is 0 Å². The number of nitrogens with one attached hydrogen (secondary N) is 1. The molecule has 1 atom stereocenters.